The number of aliphatic hydroxyl groups is 1. The van der Waals surface area contributed by atoms with Crippen LogP contribution in [0.2, 0.25) is 0 Å². The average Bonchev–Trinajstić information content (AvgIpc) is 2.91. The minimum Gasteiger partial charge on any atom is -0.489 e. The highest BCUT2D eigenvalue weighted by Gasteiger charge is 2.24. The first kappa shape index (κ1) is 25.6. The minimum atomic E-state index is -0.696. The van der Waals surface area contributed by atoms with Crippen LogP contribution in [0.4, 0.5) is 17.6 Å². The van der Waals surface area contributed by atoms with Crippen LogP contribution in [0.3, 0.4) is 0 Å². The fraction of sp³-hybridized carbons (Fsp3) is 0.556. The van der Waals surface area contributed by atoms with E-state index in [1.807, 2.05) is 18.2 Å². The molecule has 3 N–H and O–H groups in total. The second-order valence-electron chi connectivity index (χ2n) is 10.3. The molecule has 37 heavy (non-hydrogen) atoms. The molecule has 2 fully saturated rings. The Labute approximate surface area is 217 Å². The minimum absolute atomic E-state index is 0.146. The van der Waals surface area contributed by atoms with Gasteiger partial charge in [-0.15, -0.1) is 0 Å². The van der Waals surface area contributed by atoms with E-state index in [4.69, 9.17) is 14.5 Å². The number of hydrogen-bond donors (Lipinski definition) is 3. The molecular weight excluding hydrogens is 470 g/mol. The molecule has 3 aromatic heterocycles. The third-order valence-corrected chi connectivity index (χ3v) is 7.17. The summed E-state index contributed by atoms with van der Waals surface area (Å²) in [5.41, 5.74) is 1.25. The molecule has 0 amide bonds. The van der Waals surface area contributed by atoms with Gasteiger partial charge in [-0.25, -0.2) is 19.9 Å². The predicted molar refractivity (Wildman–Crippen MR) is 143 cm³/mol. The monoisotopic (exact) mass is 507 g/mol. The Morgan fingerprint density at radius 2 is 1.92 bits per heavy atom. The van der Waals surface area contributed by atoms with Crippen molar-refractivity contribution in [2.75, 3.05) is 37.9 Å². The molecule has 1 saturated heterocycles. The summed E-state index contributed by atoms with van der Waals surface area (Å²) in [5, 5.41) is 17.6. The summed E-state index contributed by atoms with van der Waals surface area (Å²) in [7, 11) is 4.29. The summed E-state index contributed by atoms with van der Waals surface area (Å²) >= 11 is 0. The van der Waals surface area contributed by atoms with Gasteiger partial charge in [0, 0.05) is 24.2 Å². The van der Waals surface area contributed by atoms with E-state index >= 15 is 0 Å². The second kappa shape index (κ2) is 11.5. The van der Waals surface area contributed by atoms with Crippen LogP contribution in [0.15, 0.2) is 30.6 Å². The van der Waals surface area contributed by atoms with E-state index in [1.165, 1.54) is 0 Å². The van der Waals surface area contributed by atoms with Crippen molar-refractivity contribution in [3.63, 3.8) is 0 Å². The Bertz CT molecular complexity index is 1170. The zero-order chi connectivity index (χ0) is 25.8. The van der Waals surface area contributed by atoms with Crippen LogP contribution in [0, 0.1) is 0 Å². The van der Waals surface area contributed by atoms with Crippen LogP contribution in [-0.4, -0.2) is 75.4 Å². The van der Waals surface area contributed by atoms with Gasteiger partial charge in [-0.2, -0.15) is 0 Å². The predicted octanol–water partition coefficient (Wildman–Crippen LogP) is 4.06. The standard InChI is InChI=1S/C27H37N7O3/c1-17(35)23-13-18-14-29-27(33-25(18)26(31-23)30-19-5-4-12-36-16-19)32-24-11-10-22(15-28-24)37-21-8-6-20(7-9-21)34(2)3/h10-11,13-15,17,19-21,35H,4-9,12,16H2,1-3H3,(H,30,31)(H,28,29,32,33)/t17-,19+,20?,21?/m1/s1. The lowest BCUT2D eigenvalue weighted by Crippen LogP contribution is -2.35. The molecule has 2 aliphatic rings. The largest absolute Gasteiger partial charge is 0.489 e. The number of aliphatic hydroxyl groups excluding tert-OH is 1. The number of pyridine rings is 2. The number of aromatic nitrogens is 4. The zero-order valence-corrected chi connectivity index (χ0v) is 21.9. The molecule has 1 aliphatic carbocycles. The number of rotatable bonds is 8. The third kappa shape index (κ3) is 6.44. The van der Waals surface area contributed by atoms with Gasteiger partial charge in [0.25, 0.3) is 0 Å². The van der Waals surface area contributed by atoms with Crippen molar-refractivity contribution in [3.8, 4) is 5.75 Å². The zero-order valence-electron chi connectivity index (χ0n) is 21.9. The van der Waals surface area contributed by atoms with E-state index in [2.05, 4.69) is 44.6 Å². The summed E-state index contributed by atoms with van der Waals surface area (Å²) in [6, 6.07) is 6.42. The van der Waals surface area contributed by atoms with Gasteiger partial charge in [0.1, 0.15) is 17.1 Å². The van der Waals surface area contributed by atoms with E-state index in [9.17, 15) is 5.11 Å². The van der Waals surface area contributed by atoms with Crippen LogP contribution in [0.1, 0.15) is 57.2 Å². The summed E-state index contributed by atoms with van der Waals surface area (Å²) in [4.78, 5) is 20.7. The highest BCUT2D eigenvalue weighted by atomic mass is 16.5. The van der Waals surface area contributed by atoms with Gasteiger partial charge in [0.2, 0.25) is 5.95 Å². The first-order valence-electron chi connectivity index (χ1n) is 13.2. The normalized spacial score (nSPS) is 23.1. The van der Waals surface area contributed by atoms with Gasteiger partial charge in [-0.05, 0) is 77.7 Å². The molecule has 0 aromatic carbocycles. The molecule has 10 heteroatoms. The maximum absolute atomic E-state index is 10.1. The number of anilines is 3. The van der Waals surface area contributed by atoms with Crippen molar-refractivity contribution in [1.29, 1.82) is 0 Å². The number of ether oxygens (including phenoxy) is 2. The Kier molecular flexibility index (Phi) is 7.97. The summed E-state index contributed by atoms with van der Waals surface area (Å²) in [5.74, 6) is 2.45. The lowest BCUT2D eigenvalue weighted by atomic mass is 9.92. The first-order chi connectivity index (χ1) is 17.9. The Hall–Kier alpha value is -3.08. The summed E-state index contributed by atoms with van der Waals surface area (Å²) in [6.45, 7) is 3.10. The molecule has 2 atom stereocenters. The van der Waals surface area contributed by atoms with Crippen molar-refractivity contribution >= 4 is 28.5 Å². The molecule has 0 spiro atoms. The van der Waals surface area contributed by atoms with Gasteiger partial charge in [0.15, 0.2) is 5.82 Å². The topological polar surface area (TPSA) is 118 Å². The van der Waals surface area contributed by atoms with Crippen LogP contribution < -0.4 is 15.4 Å². The van der Waals surface area contributed by atoms with E-state index < -0.39 is 6.10 Å². The van der Waals surface area contributed by atoms with Crippen molar-refractivity contribution < 1.29 is 14.6 Å². The van der Waals surface area contributed by atoms with Gasteiger partial charge in [-0.1, -0.05) is 0 Å². The number of fused-ring (bicyclic) bond motifs is 1. The highest BCUT2D eigenvalue weighted by molar-refractivity contribution is 5.89. The molecule has 0 unspecified atom stereocenters. The van der Waals surface area contributed by atoms with Crippen molar-refractivity contribution in [2.24, 2.45) is 0 Å². The molecule has 0 bridgehead atoms. The van der Waals surface area contributed by atoms with Crippen molar-refractivity contribution in [3.05, 3.63) is 36.3 Å². The third-order valence-electron chi connectivity index (χ3n) is 7.17. The molecule has 1 aliphatic heterocycles. The molecule has 1 saturated carbocycles. The maximum atomic E-state index is 10.1. The van der Waals surface area contributed by atoms with Crippen LogP contribution >= 0.6 is 0 Å². The molecule has 5 rings (SSSR count). The average molecular weight is 508 g/mol. The summed E-state index contributed by atoms with van der Waals surface area (Å²) < 4.78 is 11.8. The van der Waals surface area contributed by atoms with Crippen molar-refractivity contribution in [2.45, 2.75) is 69.7 Å². The van der Waals surface area contributed by atoms with Crippen molar-refractivity contribution in [1.82, 2.24) is 24.8 Å². The fourth-order valence-corrected chi connectivity index (χ4v) is 4.99. The number of nitrogens with one attached hydrogen (secondary N) is 2. The quantitative estimate of drug-likeness (QED) is 0.412. The van der Waals surface area contributed by atoms with Gasteiger partial charge in [-0.3, -0.25) is 0 Å². The second-order valence-corrected chi connectivity index (χ2v) is 10.3. The number of nitrogens with zero attached hydrogens (tertiary/aromatic N) is 5. The number of hydrogen-bond acceptors (Lipinski definition) is 10. The van der Waals surface area contributed by atoms with Gasteiger partial charge >= 0.3 is 0 Å². The van der Waals surface area contributed by atoms with Gasteiger partial charge in [0.05, 0.1) is 36.7 Å². The Morgan fingerprint density at radius 3 is 2.59 bits per heavy atom. The fourth-order valence-electron chi connectivity index (χ4n) is 4.99. The van der Waals surface area contributed by atoms with Crippen LogP contribution in [-0.2, 0) is 4.74 Å². The maximum Gasteiger partial charge on any atom is 0.229 e. The lowest BCUT2D eigenvalue weighted by molar-refractivity contribution is 0.0875. The van der Waals surface area contributed by atoms with E-state index in [-0.39, 0.29) is 12.1 Å². The first-order valence-corrected chi connectivity index (χ1v) is 13.2. The highest BCUT2D eigenvalue weighted by Crippen LogP contribution is 2.28. The molecular formula is C27H37N7O3. The molecule has 3 aromatic rings. The van der Waals surface area contributed by atoms with E-state index in [0.717, 1.165) is 56.3 Å². The van der Waals surface area contributed by atoms with Gasteiger partial charge < -0.3 is 30.1 Å². The summed E-state index contributed by atoms with van der Waals surface area (Å²) in [6.07, 6.45) is 9.44. The molecule has 10 nitrogen and oxygen atoms in total. The van der Waals surface area contributed by atoms with Crippen LogP contribution in [0.5, 0.6) is 5.75 Å². The molecule has 0 radical (unpaired) electrons. The Morgan fingerprint density at radius 1 is 1.08 bits per heavy atom. The molecule has 198 valence electrons. The van der Waals surface area contributed by atoms with E-state index in [0.29, 0.717) is 41.4 Å². The van der Waals surface area contributed by atoms with E-state index in [1.54, 1.807) is 19.3 Å². The SMILES string of the molecule is C[C@@H](O)c1cc2cnc(Nc3ccc(OC4CCC(N(C)C)CC4)cn3)nc2c(N[C@H]2CCCOC2)n1. The Balaban J connectivity index is 1.28. The lowest BCUT2D eigenvalue weighted by Gasteiger charge is -2.32. The van der Waals surface area contributed by atoms with Crippen LogP contribution in [0.25, 0.3) is 10.9 Å². The molecule has 4 heterocycles. The smallest absolute Gasteiger partial charge is 0.229 e.